The predicted octanol–water partition coefficient (Wildman–Crippen LogP) is 3.65. The fourth-order valence-electron chi connectivity index (χ4n) is 3.54. The first-order valence-electron chi connectivity index (χ1n) is 9.89. The molecule has 1 heterocycles. The summed E-state index contributed by atoms with van der Waals surface area (Å²) in [5.41, 5.74) is 1.90. The van der Waals surface area contributed by atoms with E-state index in [2.05, 4.69) is 22.1 Å². The van der Waals surface area contributed by atoms with Crippen molar-refractivity contribution in [3.8, 4) is 17.0 Å². The number of benzene rings is 1. The Morgan fingerprint density at radius 2 is 1.90 bits per heavy atom. The van der Waals surface area contributed by atoms with Crippen molar-refractivity contribution in [2.75, 3.05) is 26.1 Å². The number of phenols is 1. The van der Waals surface area contributed by atoms with Gasteiger partial charge in [0.05, 0.1) is 12.8 Å². The summed E-state index contributed by atoms with van der Waals surface area (Å²) >= 11 is 0. The summed E-state index contributed by atoms with van der Waals surface area (Å²) in [5.74, 6) is 0.641. The summed E-state index contributed by atoms with van der Waals surface area (Å²) in [4.78, 5) is 18.8. The number of carbonyl (C=O) groups is 1. The highest BCUT2D eigenvalue weighted by atomic mass is 16.7. The van der Waals surface area contributed by atoms with Gasteiger partial charge in [0, 0.05) is 31.8 Å². The van der Waals surface area contributed by atoms with Crippen LogP contribution in [0.25, 0.3) is 17.3 Å². The van der Waals surface area contributed by atoms with Gasteiger partial charge in [-0.2, -0.15) is 0 Å². The number of hydroxylamine groups is 2. The third-order valence-electron chi connectivity index (χ3n) is 5.43. The van der Waals surface area contributed by atoms with E-state index in [4.69, 9.17) is 4.84 Å². The number of hydrogen-bond donors (Lipinski definition) is 1. The van der Waals surface area contributed by atoms with Gasteiger partial charge in [-0.3, -0.25) is 9.63 Å². The molecule has 1 fully saturated rings. The minimum atomic E-state index is -0.292. The standard InChI is InChI=1S/C22H28N4O3/c1-25(17-7-5-4-6-8-17)21-13-12-19(23-24-21)18-11-9-16(15-20(18)27)10-14-22(28)26(2)29-3/h9-15,17,27H,4-8H2,1-3H3/b14-10+. The molecule has 0 aliphatic heterocycles. The van der Waals surface area contributed by atoms with Gasteiger partial charge >= 0.3 is 0 Å². The number of phenolic OH excluding ortho intramolecular Hbond substituents is 1. The van der Waals surface area contributed by atoms with Crippen LogP contribution in [0.5, 0.6) is 5.75 Å². The van der Waals surface area contributed by atoms with Gasteiger partial charge in [0.1, 0.15) is 5.75 Å². The topological polar surface area (TPSA) is 78.8 Å². The van der Waals surface area contributed by atoms with E-state index >= 15 is 0 Å². The number of carbonyl (C=O) groups excluding carboxylic acids is 1. The third kappa shape index (κ3) is 5.12. The van der Waals surface area contributed by atoms with Crippen LogP contribution >= 0.6 is 0 Å². The Hall–Kier alpha value is -2.93. The van der Waals surface area contributed by atoms with Crippen LogP contribution in [0.4, 0.5) is 5.82 Å². The molecule has 0 radical (unpaired) electrons. The van der Waals surface area contributed by atoms with Gasteiger partial charge in [-0.1, -0.05) is 25.3 Å². The van der Waals surface area contributed by atoms with Crippen molar-refractivity contribution in [2.24, 2.45) is 0 Å². The van der Waals surface area contributed by atoms with Gasteiger partial charge in [0.2, 0.25) is 0 Å². The smallest absolute Gasteiger partial charge is 0.269 e. The van der Waals surface area contributed by atoms with Crippen LogP contribution in [0.2, 0.25) is 0 Å². The largest absolute Gasteiger partial charge is 0.507 e. The van der Waals surface area contributed by atoms with Crippen LogP contribution in [-0.4, -0.2) is 53.5 Å². The lowest BCUT2D eigenvalue weighted by Crippen LogP contribution is -2.34. The summed E-state index contributed by atoms with van der Waals surface area (Å²) in [6, 6.07) is 9.52. The number of rotatable bonds is 6. The maximum absolute atomic E-state index is 11.8. The molecular weight excluding hydrogens is 368 g/mol. The van der Waals surface area contributed by atoms with E-state index in [1.54, 1.807) is 18.2 Å². The number of anilines is 1. The van der Waals surface area contributed by atoms with Crippen molar-refractivity contribution < 1.29 is 14.7 Å². The summed E-state index contributed by atoms with van der Waals surface area (Å²) in [7, 11) is 5.02. The van der Waals surface area contributed by atoms with E-state index < -0.39 is 0 Å². The van der Waals surface area contributed by atoms with Crippen LogP contribution in [-0.2, 0) is 9.63 Å². The molecular formula is C22H28N4O3. The van der Waals surface area contributed by atoms with Gasteiger partial charge in [-0.05, 0) is 48.7 Å². The average molecular weight is 396 g/mol. The molecule has 1 saturated carbocycles. The number of hydrogen-bond acceptors (Lipinski definition) is 6. The van der Waals surface area contributed by atoms with E-state index in [-0.39, 0.29) is 11.7 Å². The van der Waals surface area contributed by atoms with E-state index in [1.807, 2.05) is 18.2 Å². The highest BCUT2D eigenvalue weighted by molar-refractivity contribution is 5.91. The molecule has 0 spiro atoms. The molecule has 2 aromatic rings. The second-order valence-corrected chi connectivity index (χ2v) is 7.31. The van der Waals surface area contributed by atoms with E-state index in [0.717, 1.165) is 10.9 Å². The highest BCUT2D eigenvalue weighted by Gasteiger charge is 2.19. The second-order valence-electron chi connectivity index (χ2n) is 7.31. The molecule has 3 rings (SSSR count). The van der Waals surface area contributed by atoms with Crippen molar-refractivity contribution in [3.05, 3.63) is 42.0 Å². The minimum absolute atomic E-state index is 0.0855. The van der Waals surface area contributed by atoms with Gasteiger partial charge in [0.15, 0.2) is 5.82 Å². The molecule has 0 saturated heterocycles. The minimum Gasteiger partial charge on any atom is -0.507 e. The summed E-state index contributed by atoms with van der Waals surface area (Å²) in [6.07, 6.45) is 9.24. The molecule has 1 aliphatic rings. The Bertz CT molecular complexity index is 861. The maximum atomic E-state index is 11.8. The molecule has 1 aromatic carbocycles. The quantitative estimate of drug-likeness (QED) is 0.593. The fourth-order valence-corrected chi connectivity index (χ4v) is 3.54. The molecule has 0 atom stereocenters. The van der Waals surface area contributed by atoms with Crippen molar-refractivity contribution in [1.82, 2.24) is 15.3 Å². The normalized spacial score (nSPS) is 14.9. The number of aromatic nitrogens is 2. The van der Waals surface area contributed by atoms with Gasteiger partial charge in [-0.25, -0.2) is 5.06 Å². The van der Waals surface area contributed by atoms with Gasteiger partial charge in [-0.15, -0.1) is 10.2 Å². The van der Waals surface area contributed by atoms with Crippen molar-refractivity contribution in [3.63, 3.8) is 0 Å². The first kappa shape index (κ1) is 20.8. The molecule has 154 valence electrons. The fraction of sp³-hybridized carbons (Fsp3) is 0.409. The molecule has 7 heteroatoms. The van der Waals surface area contributed by atoms with Crippen LogP contribution in [0.15, 0.2) is 36.4 Å². The zero-order chi connectivity index (χ0) is 20.8. The molecule has 0 bridgehead atoms. The van der Waals surface area contributed by atoms with Gasteiger partial charge < -0.3 is 10.0 Å². The zero-order valence-electron chi connectivity index (χ0n) is 17.2. The average Bonchev–Trinajstić information content (AvgIpc) is 2.77. The van der Waals surface area contributed by atoms with E-state index in [0.29, 0.717) is 22.9 Å². The monoisotopic (exact) mass is 396 g/mol. The first-order chi connectivity index (χ1) is 14.0. The predicted molar refractivity (Wildman–Crippen MR) is 113 cm³/mol. The lowest BCUT2D eigenvalue weighted by molar-refractivity contribution is -0.162. The summed E-state index contributed by atoms with van der Waals surface area (Å²) in [5, 5.41) is 20.2. The molecule has 1 N–H and O–H groups in total. The Balaban J connectivity index is 1.72. The molecule has 1 aromatic heterocycles. The van der Waals surface area contributed by atoms with Crippen molar-refractivity contribution >= 4 is 17.8 Å². The Labute approximate surface area is 171 Å². The van der Waals surface area contributed by atoms with Gasteiger partial charge in [0.25, 0.3) is 5.91 Å². The molecule has 7 nitrogen and oxygen atoms in total. The zero-order valence-corrected chi connectivity index (χ0v) is 17.2. The first-order valence-corrected chi connectivity index (χ1v) is 9.89. The van der Waals surface area contributed by atoms with Crippen LogP contribution in [0.1, 0.15) is 37.7 Å². The molecule has 0 unspecified atom stereocenters. The lowest BCUT2D eigenvalue weighted by atomic mass is 9.94. The number of aromatic hydroxyl groups is 1. The lowest BCUT2D eigenvalue weighted by Gasteiger charge is -2.31. The summed E-state index contributed by atoms with van der Waals surface area (Å²) in [6.45, 7) is 0. The SMILES string of the molecule is CON(C)C(=O)/C=C/c1ccc(-c2ccc(N(C)C3CCCCC3)nn2)c(O)c1. The van der Waals surface area contributed by atoms with Crippen LogP contribution in [0.3, 0.4) is 0 Å². The third-order valence-corrected chi connectivity index (χ3v) is 5.43. The molecule has 1 amide bonds. The highest BCUT2D eigenvalue weighted by Crippen LogP contribution is 2.30. The van der Waals surface area contributed by atoms with E-state index in [1.165, 1.54) is 52.3 Å². The Kier molecular flexibility index (Phi) is 6.82. The number of likely N-dealkylation sites (N-methyl/N-ethyl adjacent to an activating group) is 1. The number of amides is 1. The summed E-state index contributed by atoms with van der Waals surface area (Å²) < 4.78 is 0. The maximum Gasteiger partial charge on any atom is 0.269 e. The number of nitrogens with zero attached hydrogens (tertiary/aromatic N) is 4. The Morgan fingerprint density at radius 1 is 1.14 bits per heavy atom. The van der Waals surface area contributed by atoms with Crippen molar-refractivity contribution in [1.29, 1.82) is 0 Å². The van der Waals surface area contributed by atoms with Crippen LogP contribution in [0, 0.1) is 0 Å². The van der Waals surface area contributed by atoms with Crippen molar-refractivity contribution in [2.45, 2.75) is 38.1 Å². The Morgan fingerprint density at radius 3 is 2.52 bits per heavy atom. The second kappa shape index (κ2) is 9.52. The van der Waals surface area contributed by atoms with E-state index in [9.17, 15) is 9.90 Å². The molecule has 29 heavy (non-hydrogen) atoms. The van der Waals surface area contributed by atoms with Crippen LogP contribution < -0.4 is 4.90 Å². The molecule has 1 aliphatic carbocycles.